The highest BCUT2D eigenvalue weighted by atomic mass is 16.5. The van der Waals surface area contributed by atoms with E-state index in [1.807, 2.05) is 6.92 Å². The van der Waals surface area contributed by atoms with Crippen LogP contribution in [0.25, 0.3) is 0 Å². The van der Waals surface area contributed by atoms with Gasteiger partial charge in [-0.2, -0.15) is 0 Å². The number of hydrogen-bond donors (Lipinski definition) is 2. The Kier molecular flexibility index (Phi) is 14.1. The molecule has 0 aliphatic heterocycles. The van der Waals surface area contributed by atoms with Crippen molar-refractivity contribution in [2.45, 2.75) is 51.2 Å². The van der Waals surface area contributed by atoms with Crippen LogP contribution in [0.2, 0.25) is 0 Å². The molecule has 19 heavy (non-hydrogen) atoms. The second kappa shape index (κ2) is 14.2. The number of aliphatic hydroxyl groups is 2. The van der Waals surface area contributed by atoms with E-state index in [1.165, 1.54) is 0 Å². The third kappa shape index (κ3) is 14.0. The van der Waals surface area contributed by atoms with Crippen molar-refractivity contribution in [1.82, 2.24) is 0 Å². The maximum absolute atomic E-state index is 9.37. The lowest BCUT2D eigenvalue weighted by molar-refractivity contribution is 0.0292. The smallest absolute Gasteiger partial charge is 0.0795 e. The van der Waals surface area contributed by atoms with Crippen molar-refractivity contribution < 1.29 is 24.4 Å². The maximum atomic E-state index is 9.37. The molecule has 2 unspecified atom stereocenters. The minimum atomic E-state index is -0.432. The summed E-state index contributed by atoms with van der Waals surface area (Å²) in [5.41, 5.74) is 0. The Hall–Kier alpha value is -0.200. The van der Waals surface area contributed by atoms with Gasteiger partial charge in [-0.25, -0.2) is 0 Å². The third-order valence-electron chi connectivity index (χ3n) is 2.85. The van der Waals surface area contributed by atoms with Crippen LogP contribution in [0.5, 0.6) is 0 Å². The average molecular weight is 278 g/mol. The Morgan fingerprint density at radius 3 is 1.84 bits per heavy atom. The first kappa shape index (κ1) is 18.8. The van der Waals surface area contributed by atoms with E-state index in [-0.39, 0.29) is 6.10 Å². The molecular weight excluding hydrogens is 248 g/mol. The zero-order chi connectivity index (χ0) is 14.3. The first-order chi connectivity index (χ1) is 9.20. The van der Waals surface area contributed by atoms with Crippen molar-refractivity contribution in [2.75, 3.05) is 40.1 Å². The molecular formula is C14H30O5. The molecule has 0 rings (SSSR count). The summed E-state index contributed by atoms with van der Waals surface area (Å²) >= 11 is 0. The molecule has 0 spiro atoms. The first-order valence-corrected chi connectivity index (χ1v) is 7.21. The Bertz CT molecular complexity index is 177. The molecule has 0 bridgehead atoms. The summed E-state index contributed by atoms with van der Waals surface area (Å²) in [6, 6.07) is 0. The lowest BCUT2D eigenvalue weighted by Gasteiger charge is -2.10. The summed E-state index contributed by atoms with van der Waals surface area (Å²) in [6.07, 6.45) is 3.36. The van der Waals surface area contributed by atoms with Gasteiger partial charge in [-0.1, -0.05) is 6.92 Å². The van der Waals surface area contributed by atoms with E-state index >= 15 is 0 Å². The van der Waals surface area contributed by atoms with Gasteiger partial charge in [-0.05, 0) is 32.1 Å². The number of hydrogen-bond acceptors (Lipinski definition) is 5. The molecule has 0 radical (unpaired) electrons. The molecule has 0 aliphatic rings. The lowest BCUT2D eigenvalue weighted by Crippen LogP contribution is -2.16. The van der Waals surface area contributed by atoms with Crippen molar-refractivity contribution in [1.29, 1.82) is 0 Å². The Labute approximate surface area is 116 Å². The molecule has 0 fully saturated rings. The van der Waals surface area contributed by atoms with Crippen molar-refractivity contribution in [3.05, 3.63) is 0 Å². The van der Waals surface area contributed by atoms with Crippen molar-refractivity contribution >= 4 is 0 Å². The fraction of sp³-hybridized carbons (Fsp3) is 1.00. The van der Waals surface area contributed by atoms with E-state index in [1.54, 1.807) is 7.11 Å². The van der Waals surface area contributed by atoms with Crippen molar-refractivity contribution in [3.63, 3.8) is 0 Å². The van der Waals surface area contributed by atoms with E-state index in [9.17, 15) is 10.2 Å². The Morgan fingerprint density at radius 2 is 1.37 bits per heavy atom. The van der Waals surface area contributed by atoms with Crippen LogP contribution in [-0.2, 0) is 14.2 Å². The van der Waals surface area contributed by atoms with E-state index in [0.29, 0.717) is 45.9 Å². The van der Waals surface area contributed by atoms with Crippen molar-refractivity contribution in [2.24, 2.45) is 0 Å². The predicted molar refractivity (Wildman–Crippen MR) is 74.3 cm³/mol. The van der Waals surface area contributed by atoms with Crippen LogP contribution < -0.4 is 0 Å². The standard InChI is InChI=1S/C14H30O5/c1-3-13(15)6-10-18-8-4-5-9-19-11-7-14(16)12-17-2/h13-16H,3-12H2,1-2H3. The van der Waals surface area contributed by atoms with Crippen LogP contribution >= 0.6 is 0 Å². The summed E-state index contributed by atoms with van der Waals surface area (Å²) in [7, 11) is 1.57. The molecule has 0 aromatic heterocycles. The number of aliphatic hydroxyl groups excluding tert-OH is 2. The first-order valence-electron chi connectivity index (χ1n) is 7.21. The topological polar surface area (TPSA) is 68.2 Å². The molecule has 2 atom stereocenters. The molecule has 5 heteroatoms. The molecule has 5 nitrogen and oxygen atoms in total. The highest BCUT2D eigenvalue weighted by Crippen LogP contribution is 1.99. The zero-order valence-electron chi connectivity index (χ0n) is 12.3. The maximum Gasteiger partial charge on any atom is 0.0795 e. The fourth-order valence-corrected chi connectivity index (χ4v) is 1.53. The minimum Gasteiger partial charge on any atom is -0.393 e. The summed E-state index contributed by atoms with van der Waals surface area (Å²) in [5, 5.41) is 18.7. The highest BCUT2D eigenvalue weighted by molar-refractivity contribution is 4.52. The molecule has 0 aromatic carbocycles. The van der Waals surface area contributed by atoms with Crippen LogP contribution in [0.4, 0.5) is 0 Å². The number of ether oxygens (including phenoxy) is 3. The van der Waals surface area contributed by atoms with Crippen LogP contribution in [-0.4, -0.2) is 62.6 Å². The molecule has 2 N–H and O–H groups in total. The molecule has 0 amide bonds. The van der Waals surface area contributed by atoms with Crippen molar-refractivity contribution in [3.8, 4) is 0 Å². The van der Waals surface area contributed by atoms with Gasteiger partial charge >= 0.3 is 0 Å². The van der Waals surface area contributed by atoms with Gasteiger partial charge in [0.2, 0.25) is 0 Å². The van der Waals surface area contributed by atoms with Crippen LogP contribution in [0.1, 0.15) is 39.0 Å². The van der Waals surface area contributed by atoms with Gasteiger partial charge in [0.25, 0.3) is 0 Å². The normalized spacial score (nSPS) is 14.5. The number of unbranched alkanes of at least 4 members (excludes halogenated alkanes) is 1. The van der Waals surface area contributed by atoms with Gasteiger partial charge in [0.15, 0.2) is 0 Å². The predicted octanol–water partition coefficient (Wildman–Crippen LogP) is 1.36. The Morgan fingerprint density at radius 1 is 0.842 bits per heavy atom. The van der Waals surface area contributed by atoms with E-state index in [4.69, 9.17) is 14.2 Å². The molecule has 0 aromatic rings. The van der Waals surface area contributed by atoms with Gasteiger partial charge in [0.05, 0.1) is 18.8 Å². The lowest BCUT2D eigenvalue weighted by atomic mass is 10.2. The zero-order valence-corrected chi connectivity index (χ0v) is 12.3. The SMILES string of the molecule is CCC(O)CCOCCCCOCCC(O)COC. The minimum absolute atomic E-state index is 0.234. The van der Waals surface area contributed by atoms with Gasteiger partial charge < -0.3 is 24.4 Å². The second-order valence-corrected chi connectivity index (χ2v) is 4.68. The fourth-order valence-electron chi connectivity index (χ4n) is 1.53. The van der Waals surface area contributed by atoms with Gasteiger partial charge in [-0.3, -0.25) is 0 Å². The molecule has 0 saturated carbocycles. The Balaban J connectivity index is 3.07. The van der Waals surface area contributed by atoms with E-state index in [0.717, 1.165) is 19.3 Å². The summed E-state index contributed by atoms with van der Waals surface area (Å²) in [5.74, 6) is 0. The largest absolute Gasteiger partial charge is 0.393 e. The summed E-state index contributed by atoms with van der Waals surface area (Å²) < 4.78 is 15.6. The van der Waals surface area contributed by atoms with Crippen LogP contribution in [0.15, 0.2) is 0 Å². The average Bonchev–Trinajstić information content (AvgIpc) is 2.40. The molecule has 116 valence electrons. The summed E-state index contributed by atoms with van der Waals surface area (Å²) in [6.45, 7) is 4.92. The highest BCUT2D eigenvalue weighted by Gasteiger charge is 2.02. The van der Waals surface area contributed by atoms with Crippen LogP contribution in [0.3, 0.4) is 0 Å². The van der Waals surface area contributed by atoms with Crippen LogP contribution in [0, 0.1) is 0 Å². The van der Waals surface area contributed by atoms with Gasteiger partial charge in [0, 0.05) is 33.5 Å². The molecule has 0 saturated heterocycles. The monoisotopic (exact) mass is 278 g/mol. The van der Waals surface area contributed by atoms with E-state index in [2.05, 4.69) is 0 Å². The van der Waals surface area contributed by atoms with Gasteiger partial charge in [-0.15, -0.1) is 0 Å². The third-order valence-corrected chi connectivity index (χ3v) is 2.85. The molecule has 0 heterocycles. The summed E-state index contributed by atoms with van der Waals surface area (Å²) in [4.78, 5) is 0. The second-order valence-electron chi connectivity index (χ2n) is 4.68. The van der Waals surface area contributed by atoms with E-state index < -0.39 is 6.10 Å². The quantitative estimate of drug-likeness (QED) is 0.470. The molecule has 0 aliphatic carbocycles. The number of methoxy groups -OCH3 is 1. The van der Waals surface area contributed by atoms with Gasteiger partial charge in [0.1, 0.15) is 0 Å². The number of rotatable bonds is 14.